The Bertz CT molecular complexity index is 499. The number of morpholine rings is 1. The van der Waals surface area contributed by atoms with Crippen molar-refractivity contribution in [3.05, 3.63) is 29.8 Å². The number of rotatable bonds is 2. The molecule has 1 aromatic rings. The van der Waals surface area contributed by atoms with Crippen LogP contribution in [0.15, 0.2) is 29.2 Å². The zero-order valence-electron chi connectivity index (χ0n) is 8.96. The Morgan fingerprint density at radius 3 is 2.31 bits per heavy atom. The quantitative estimate of drug-likeness (QED) is 0.716. The fourth-order valence-corrected chi connectivity index (χ4v) is 3.96. The summed E-state index contributed by atoms with van der Waals surface area (Å²) < 4.78 is 31.1. The first-order valence-corrected chi connectivity index (χ1v) is 6.73. The van der Waals surface area contributed by atoms with Gasteiger partial charge in [0.2, 0.25) is 10.0 Å². The summed E-state index contributed by atoms with van der Waals surface area (Å²) in [6.45, 7) is 3.02. The number of fused-ring (bicyclic) bond motifs is 1. The van der Waals surface area contributed by atoms with Crippen molar-refractivity contribution in [1.82, 2.24) is 4.31 Å². The summed E-state index contributed by atoms with van der Waals surface area (Å²) in [6.07, 6.45) is 0. The van der Waals surface area contributed by atoms with Crippen LogP contribution in [0.25, 0.3) is 0 Å². The average Bonchev–Trinajstić information content (AvgIpc) is 2.77. The molecule has 0 radical (unpaired) electrons. The van der Waals surface area contributed by atoms with Gasteiger partial charge in [0.1, 0.15) is 0 Å². The van der Waals surface area contributed by atoms with Crippen molar-refractivity contribution in [1.29, 1.82) is 0 Å². The largest absolute Gasteiger partial charge is 0.378 e. The maximum Gasteiger partial charge on any atom is 0.243 e. The van der Waals surface area contributed by atoms with Gasteiger partial charge < -0.3 is 4.74 Å². The lowest BCUT2D eigenvalue weighted by Gasteiger charge is -2.09. The highest BCUT2D eigenvalue weighted by atomic mass is 32.2. The van der Waals surface area contributed by atoms with E-state index in [0.29, 0.717) is 18.1 Å². The number of nitrogens with zero attached hydrogens (tertiary/aromatic N) is 1. The first-order valence-electron chi connectivity index (χ1n) is 5.28. The molecule has 0 aromatic heterocycles. The van der Waals surface area contributed by atoms with Gasteiger partial charge in [0, 0.05) is 0 Å². The Morgan fingerprint density at radius 1 is 1.19 bits per heavy atom. The molecule has 86 valence electrons. The first-order chi connectivity index (χ1) is 7.60. The molecule has 2 fully saturated rings. The molecule has 0 amide bonds. The molecule has 0 aliphatic carbocycles. The van der Waals surface area contributed by atoms with Gasteiger partial charge in [0.05, 0.1) is 30.2 Å². The molecular weight excluding hydrogens is 226 g/mol. The SMILES string of the molecule is Cc1ccc(S(=O)(=O)N2C3COCC32)cc1. The van der Waals surface area contributed by atoms with Gasteiger partial charge in [-0.25, -0.2) is 8.42 Å². The van der Waals surface area contributed by atoms with Crippen molar-refractivity contribution in [3.8, 4) is 0 Å². The summed E-state index contributed by atoms with van der Waals surface area (Å²) in [4.78, 5) is 0.382. The van der Waals surface area contributed by atoms with E-state index in [1.165, 1.54) is 0 Å². The molecule has 2 heterocycles. The number of hydrogen-bond acceptors (Lipinski definition) is 3. The number of ether oxygens (including phenoxy) is 1. The fraction of sp³-hybridized carbons (Fsp3) is 0.455. The van der Waals surface area contributed by atoms with Gasteiger partial charge in [0.15, 0.2) is 0 Å². The lowest BCUT2D eigenvalue weighted by atomic mass is 10.2. The highest BCUT2D eigenvalue weighted by Gasteiger charge is 2.58. The molecule has 3 rings (SSSR count). The van der Waals surface area contributed by atoms with Gasteiger partial charge in [0.25, 0.3) is 0 Å². The second-order valence-corrected chi connectivity index (χ2v) is 6.16. The number of aryl methyl sites for hydroxylation is 1. The van der Waals surface area contributed by atoms with Gasteiger partial charge in [-0.15, -0.1) is 0 Å². The van der Waals surface area contributed by atoms with Crippen LogP contribution in [0.3, 0.4) is 0 Å². The molecule has 2 saturated heterocycles. The number of sulfonamides is 1. The molecule has 2 atom stereocenters. The molecular formula is C11H13NO3S. The van der Waals surface area contributed by atoms with Gasteiger partial charge in [-0.1, -0.05) is 17.7 Å². The predicted molar refractivity (Wildman–Crippen MR) is 58.6 cm³/mol. The molecule has 2 aliphatic heterocycles. The summed E-state index contributed by atoms with van der Waals surface area (Å²) in [5.74, 6) is 0. The van der Waals surface area contributed by atoms with Crippen molar-refractivity contribution in [2.24, 2.45) is 0 Å². The van der Waals surface area contributed by atoms with Crippen LogP contribution < -0.4 is 0 Å². The Hall–Kier alpha value is -0.910. The Balaban J connectivity index is 1.92. The zero-order chi connectivity index (χ0) is 11.3. The highest BCUT2D eigenvalue weighted by Crippen LogP contribution is 2.39. The normalized spacial score (nSPS) is 32.4. The second kappa shape index (κ2) is 3.29. The van der Waals surface area contributed by atoms with E-state index in [2.05, 4.69) is 0 Å². The molecule has 0 bridgehead atoms. The van der Waals surface area contributed by atoms with E-state index >= 15 is 0 Å². The van der Waals surface area contributed by atoms with E-state index < -0.39 is 10.0 Å². The highest BCUT2D eigenvalue weighted by molar-refractivity contribution is 7.89. The van der Waals surface area contributed by atoms with Gasteiger partial charge in [-0.3, -0.25) is 0 Å². The van der Waals surface area contributed by atoms with Crippen LogP contribution >= 0.6 is 0 Å². The van der Waals surface area contributed by atoms with Crippen LogP contribution in [0.1, 0.15) is 5.56 Å². The first kappa shape index (κ1) is 10.3. The summed E-state index contributed by atoms with van der Waals surface area (Å²) in [5, 5.41) is 0. The number of hydrogen-bond donors (Lipinski definition) is 0. The lowest BCUT2D eigenvalue weighted by Crippen LogP contribution is -2.21. The van der Waals surface area contributed by atoms with E-state index in [9.17, 15) is 8.42 Å². The summed E-state index contributed by atoms with van der Waals surface area (Å²) in [5.41, 5.74) is 1.06. The number of benzene rings is 1. The minimum Gasteiger partial charge on any atom is -0.378 e. The summed E-state index contributed by atoms with van der Waals surface area (Å²) in [6, 6.07) is 7.13. The maximum absolute atomic E-state index is 12.2. The van der Waals surface area contributed by atoms with Crippen molar-refractivity contribution in [2.45, 2.75) is 23.9 Å². The Kier molecular flexibility index (Phi) is 2.11. The third kappa shape index (κ3) is 1.39. The molecule has 0 spiro atoms. The van der Waals surface area contributed by atoms with Gasteiger partial charge in [-0.05, 0) is 19.1 Å². The lowest BCUT2D eigenvalue weighted by molar-refractivity contribution is 0.155. The maximum atomic E-state index is 12.2. The van der Waals surface area contributed by atoms with Crippen LogP contribution in [-0.4, -0.2) is 38.0 Å². The molecule has 0 saturated carbocycles. The van der Waals surface area contributed by atoms with Gasteiger partial charge in [-0.2, -0.15) is 4.31 Å². The van der Waals surface area contributed by atoms with Crippen LogP contribution in [0, 0.1) is 6.92 Å². The van der Waals surface area contributed by atoms with Crippen LogP contribution in [-0.2, 0) is 14.8 Å². The fourth-order valence-electron chi connectivity index (χ4n) is 2.18. The summed E-state index contributed by atoms with van der Waals surface area (Å²) >= 11 is 0. The topological polar surface area (TPSA) is 46.4 Å². The third-order valence-corrected chi connectivity index (χ3v) is 5.15. The van der Waals surface area contributed by atoms with E-state index in [0.717, 1.165) is 5.56 Å². The van der Waals surface area contributed by atoms with Crippen molar-refractivity contribution in [2.75, 3.05) is 13.2 Å². The summed E-state index contributed by atoms with van der Waals surface area (Å²) in [7, 11) is -3.29. The van der Waals surface area contributed by atoms with Crippen LogP contribution in [0.2, 0.25) is 0 Å². The van der Waals surface area contributed by atoms with Crippen molar-refractivity contribution >= 4 is 10.0 Å². The molecule has 5 heteroatoms. The third-order valence-electron chi connectivity index (χ3n) is 3.18. The average molecular weight is 239 g/mol. The van der Waals surface area contributed by atoms with E-state index in [4.69, 9.17) is 4.74 Å². The Labute approximate surface area is 94.9 Å². The monoisotopic (exact) mass is 239 g/mol. The van der Waals surface area contributed by atoms with E-state index in [-0.39, 0.29) is 12.1 Å². The standard InChI is InChI=1S/C11H13NO3S/c1-8-2-4-9(5-3-8)16(13,14)12-10-6-15-7-11(10)12/h2-5,10-11H,6-7H2,1H3. The molecule has 2 unspecified atom stereocenters. The minimum absolute atomic E-state index is 0.0753. The molecule has 1 aromatic carbocycles. The smallest absolute Gasteiger partial charge is 0.243 e. The van der Waals surface area contributed by atoms with E-state index in [1.54, 1.807) is 16.4 Å². The molecule has 2 aliphatic rings. The predicted octanol–water partition coefficient (Wildman–Crippen LogP) is 0.767. The molecule has 0 N–H and O–H groups in total. The van der Waals surface area contributed by atoms with E-state index in [1.807, 2.05) is 19.1 Å². The molecule has 4 nitrogen and oxygen atoms in total. The Morgan fingerprint density at radius 2 is 1.75 bits per heavy atom. The van der Waals surface area contributed by atoms with Crippen LogP contribution in [0.4, 0.5) is 0 Å². The van der Waals surface area contributed by atoms with Gasteiger partial charge >= 0.3 is 0 Å². The van der Waals surface area contributed by atoms with Crippen molar-refractivity contribution in [3.63, 3.8) is 0 Å². The van der Waals surface area contributed by atoms with Crippen molar-refractivity contribution < 1.29 is 13.2 Å². The van der Waals surface area contributed by atoms with Crippen LogP contribution in [0.5, 0.6) is 0 Å². The second-order valence-electron chi connectivity index (χ2n) is 4.32. The molecule has 16 heavy (non-hydrogen) atoms. The minimum atomic E-state index is -3.29. The zero-order valence-corrected chi connectivity index (χ0v) is 9.78.